The lowest BCUT2D eigenvalue weighted by Crippen LogP contribution is -2.47. The summed E-state index contributed by atoms with van der Waals surface area (Å²) in [6.07, 6.45) is 3.08. The van der Waals surface area contributed by atoms with Crippen LogP contribution in [-0.4, -0.2) is 35.5 Å². The molecule has 0 bridgehead atoms. The first kappa shape index (κ1) is 19.4. The van der Waals surface area contributed by atoms with E-state index >= 15 is 0 Å². The van der Waals surface area contributed by atoms with Gasteiger partial charge in [0.2, 0.25) is 5.91 Å². The van der Waals surface area contributed by atoms with Gasteiger partial charge >= 0.3 is 6.03 Å². The number of imide groups is 1. The lowest BCUT2D eigenvalue weighted by molar-refractivity contribution is -0.121. The normalized spacial score (nSPS) is 15.3. The number of carbonyl (C=O) groups is 2. The lowest BCUT2D eigenvalue weighted by Gasteiger charge is -2.22. The van der Waals surface area contributed by atoms with Crippen molar-refractivity contribution >= 4 is 11.9 Å². The lowest BCUT2D eigenvalue weighted by atomic mass is 10.0. The van der Waals surface area contributed by atoms with Crippen LogP contribution < -0.4 is 10.6 Å². The summed E-state index contributed by atoms with van der Waals surface area (Å²) in [5.74, 6) is 0.273. The molecule has 25 heavy (non-hydrogen) atoms. The summed E-state index contributed by atoms with van der Waals surface area (Å²) in [5.41, 5.74) is 2.52. The van der Waals surface area contributed by atoms with Crippen LogP contribution in [0.25, 0.3) is 0 Å². The van der Waals surface area contributed by atoms with Crippen molar-refractivity contribution < 1.29 is 9.59 Å². The van der Waals surface area contributed by atoms with Gasteiger partial charge in [-0.1, -0.05) is 45.0 Å². The van der Waals surface area contributed by atoms with Gasteiger partial charge in [0.1, 0.15) is 0 Å². The molecule has 2 rings (SSSR count). The first-order valence-electron chi connectivity index (χ1n) is 9.32. The molecule has 1 aliphatic rings. The minimum absolute atomic E-state index is 0.0619. The van der Waals surface area contributed by atoms with E-state index in [0.29, 0.717) is 12.0 Å². The number of benzene rings is 1. The molecule has 1 aromatic rings. The molecule has 0 spiro atoms. The van der Waals surface area contributed by atoms with Crippen molar-refractivity contribution in [2.75, 3.05) is 6.54 Å². The highest BCUT2D eigenvalue weighted by atomic mass is 16.2. The van der Waals surface area contributed by atoms with E-state index in [1.165, 1.54) is 11.1 Å². The average molecular weight is 345 g/mol. The van der Waals surface area contributed by atoms with E-state index in [2.05, 4.69) is 53.6 Å². The fourth-order valence-electron chi connectivity index (χ4n) is 2.71. The maximum Gasteiger partial charge on any atom is 0.321 e. The second-order valence-corrected chi connectivity index (χ2v) is 7.36. The van der Waals surface area contributed by atoms with E-state index < -0.39 is 6.03 Å². The predicted molar refractivity (Wildman–Crippen MR) is 100 cm³/mol. The van der Waals surface area contributed by atoms with E-state index in [-0.39, 0.29) is 18.5 Å². The summed E-state index contributed by atoms with van der Waals surface area (Å²) in [6, 6.07) is 8.70. The third-order valence-electron chi connectivity index (χ3n) is 4.68. The van der Waals surface area contributed by atoms with Gasteiger partial charge in [0.25, 0.3) is 0 Å². The largest absolute Gasteiger partial charge is 0.335 e. The van der Waals surface area contributed by atoms with Gasteiger partial charge in [-0.05, 0) is 43.2 Å². The number of hydrogen-bond acceptors (Lipinski definition) is 3. The SMILES string of the molecule is CC[C@@H](C)NC(=O)NC(=O)CN(Cc1ccc(C(C)C)cc1)C1CC1. The van der Waals surface area contributed by atoms with Crippen molar-refractivity contribution in [1.29, 1.82) is 0 Å². The zero-order chi connectivity index (χ0) is 18.4. The monoisotopic (exact) mass is 345 g/mol. The molecular weight excluding hydrogens is 314 g/mol. The molecule has 5 heteroatoms. The number of nitrogens with one attached hydrogen (secondary N) is 2. The fourth-order valence-corrected chi connectivity index (χ4v) is 2.71. The number of nitrogens with zero attached hydrogens (tertiary/aromatic N) is 1. The summed E-state index contributed by atoms with van der Waals surface area (Å²) in [4.78, 5) is 26.1. The molecule has 1 saturated carbocycles. The van der Waals surface area contributed by atoms with Gasteiger partial charge in [0, 0.05) is 18.6 Å². The molecule has 2 N–H and O–H groups in total. The number of urea groups is 1. The van der Waals surface area contributed by atoms with E-state index in [9.17, 15) is 9.59 Å². The molecule has 0 aliphatic heterocycles. The van der Waals surface area contributed by atoms with Gasteiger partial charge < -0.3 is 5.32 Å². The Hall–Kier alpha value is -1.88. The maximum atomic E-state index is 12.2. The minimum Gasteiger partial charge on any atom is -0.335 e. The van der Waals surface area contributed by atoms with Crippen molar-refractivity contribution in [1.82, 2.24) is 15.5 Å². The highest BCUT2D eigenvalue weighted by Gasteiger charge is 2.30. The van der Waals surface area contributed by atoms with Gasteiger partial charge in [-0.25, -0.2) is 4.79 Å². The first-order chi connectivity index (χ1) is 11.9. The van der Waals surface area contributed by atoms with Crippen LogP contribution in [-0.2, 0) is 11.3 Å². The Kier molecular flexibility index (Phi) is 7.00. The summed E-state index contributed by atoms with van der Waals surface area (Å²) < 4.78 is 0. The highest BCUT2D eigenvalue weighted by molar-refractivity contribution is 5.95. The Morgan fingerprint density at radius 3 is 2.32 bits per heavy atom. The van der Waals surface area contributed by atoms with E-state index in [4.69, 9.17) is 0 Å². The standard InChI is InChI=1S/C20H31N3O2/c1-5-15(4)21-20(25)22-19(24)13-23(18-10-11-18)12-16-6-8-17(9-7-16)14(2)3/h6-9,14-15,18H,5,10-13H2,1-4H3,(H2,21,22,24,25)/t15-/m1/s1. The number of rotatable bonds is 8. The molecule has 1 atom stereocenters. The second-order valence-electron chi connectivity index (χ2n) is 7.36. The smallest absolute Gasteiger partial charge is 0.321 e. The number of hydrogen-bond donors (Lipinski definition) is 2. The first-order valence-corrected chi connectivity index (χ1v) is 9.32. The van der Waals surface area contributed by atoms with Gasteiger partial charge in [0.05, 0.1) is 6.54 Å². The van der Waals surface area contributed by atoms with Crippen LogP contribution in [0.5, 0.6) is 0 Å². The number of amides is 3. The van der Waals surface area contributed by atoms with Crippen LogP contribution in [0.1, 0.15) is 64.0 Å². The van der Waals surface area contributed by atoms with Crippen LogP contribution in [0.2, 0.25) is 0 Å². The van der Waals surface area contributed by atoms with Crippen molar-refractivity contribution in [2.24, 2.45) is 0 Å². The quantitative estimate of drug-likeness (QED) is 0.759. The fraction of sp³-hybridized carbons (Fsp3) is 0.600. The van der Waals surface area contributed by atoms with Crippen LogP contribution in [0.4, 0.5) is 4.79 Å². The van der Waals surface area contributed by atoms with Gasteiger partial charge in [-0.15, -0.1) is 0 Å². The Bertz CT molecular complexity index is 579. The molecule has 0 unspecified atom stereocenters. The third kappa shape index (κ3) is 6.50. The van der Waals surface area contributed by atoms with Crippen molar-refractivity contribution in [3.05, 3.63) is 35.4 Å². The molecule has 1 aromatic carbocycles. The zero-order valence-corrected chi connectivity index (χ0v) is 15.8. The maximum absolute atomic E-state index is 12.2. The summed E-state index contributed by atoms with van der Waals surface area (Å²) in [7, 11) is 0. The molecule has 0 aromatic heterocycles. The molecule has 3 amide bonds. The average Bonchev–Trinajstić information content (AvgIpc) is 3.39. The molecule has 1 aliphatic carbocycles. The van der Waals surface area contributed by atoms with Gasteiger partial charge in [0.15, 0.2) is 0 Å². The molecule has 0 radical (unpaired) electrons. The van der Waals surface area contributed by atoms with Crippen LogP contribution >= 0.6 is 0 Å². The third-order valence-corrected chi connectivity index (χ3v) is 4.68. The second kappa shape index (κ2) is 8.99. The minimum atomic E-state index is -0.406. The van der Waals surface area contributed by atoms with Gasteiger partial charge in [-0.3, -0.25) is 15.0 Å². The summed E-state index contributed by atoms with van der Waals surface area (Å²) in [5, 5.41) is 5.19. The van der Waals surface area contributed by atoms with Crippen LogP contribution in [0.3, 0.4) is 0 Å². The molecule has 138 valence electrons. The van der Waals surface area contributed by atoms with Crippen LogP contribution in [0, 0.1) is 0 Å². The Morgan fingerprint density at radius 1 is 1.16 bits per heavy atom. The summed E-state index contributed by atoms with van der Waals surface area (Å²) in [6.45, 7) is 9.27. The van der Waals surface area contributed by atoms with E-state index in [1.807, 2.05) is 13.8 Å². The van der Waals surface area contributed by atoms with E-state index in [1.54, 1.807) is 0 Å². The van der Waals surface area contributed by atoms with E-state index in [0.717, 1.165) is 25.8 Å². The molecule has 0 heterocycles. The zero-order valence-electron chi connectivity index (χ0n) is 15.8. The number of carbonyl (C=O) groups excluding carboxylic acids is 2. The molecular formula is C20H31N3O2. The molecule has 1 fully saturated rings. The van der Waals surface area contributed by atoms with Gasteiger partial charge in [-0.2, -0.15) is 0 Å². The highest BCUT2D eigenvalue weighted by Crippen LogP contribution is 2.28. The van der Waals surface area contributed by atoms with Crippen molar-refractivity contribution in [3.63, 3.8) is 0 Å². The Balaban J connectivity index is 1.88. The topological polar surface area (TPSA) is 61.4 Å². The van der Waals surface area contributed by atoms with Crippen LogP contribution in [0.15, 0.2) is 24.3 Å². The van der Waals surface area contributed by atoms with Crippen molar-refractivity contribution in [2.45, 2.75) is 71.5 Å². The molecule has 0 saturated heterocycles. The predicted octanol–water partition coefficient (Wildman–Crippen LogP) is 3.40. The molecule has 5 nitrogen and oxygen atoms in total. The summed E-state index contributed by atoms with van der Waals surface area (Å²) >= 11 is 0. The Morgan fingerprint density at radius 2 is 1.80 bits per heavy atom. The Labute approximate surface area is 151 Å². The van der Waals surface area contributed by atoms with Crippen molar-refractivity contribution in [3.8, 4) is 0 Å².